The Balaban J connectivity index is 1.82. The summed E-state index contributed by atoms with van der Waals surface area (Å²) in [5, 5.41) is 13.9. The number of nitrogens with one attached hydrogen (secondary N) is 1. The van der Waals surface area contributed by atoms with Gasteiger partial charge in [-0.05, 0) is 31.2 Å². The molecule has 0 aliphatic rings. The fraction of sp³-hybridized carbons (Fsp3) is 0.105. The Morgan fingerprint density at radius 1 is 1.21 bits per heavy atom. The average Bonchev–Trinajstić information content (AvgIpc) is 3.07. The number of nitrogen functional groups attached to an aromatic ring is 2. The topological polar surface area (TPSA) is 144 Å². The molecule has 5 N–H and O–H groups in total. The number of pyridine rings is 2. The number of nitrogens with two attached hydrogens (primary N) is 2. The first-order valence-corrected chi connectivity index (χ1v) is 9.03. The summed E-state index contributed by atoms with van der Waals surface area (Å²) in [6.45, 7) is 1.94. The van der Waals surface area contributed by atoms with Crippen molar-refractivity contribution in [2.45, 2.75) is 13.0 Å². The van der Waals surface area contributed by atoms with Gasteiger partial charge in [0.05, 0.1) is 17.9 Å². The van der Waals surface area contributed by atoms with Crippen LogP contribution in [0, 0.1) is 11.3 Å². The van der Waals surface area contributed by atoms with Crippen molar-refractivity contribution in [2.75, 3.05) is 16.8 Å². The van der Waals surface area contributed by atoms with E-state index >= 15 is 0 Å². The van der Waals surface area contributed by atoms with Crippen molar-refractivity contribution in [2.24, 2.45) is 0 Å². The van der Waals surface area contributed by atoms with Gasteiger partial charge in [0.25, 0.3) is 0 Å². The Morgan fingerprint density at radius 2 is 2.03 bits per heavy atom. The first kappa shape index (κ1) is 18.5. The molecule has 1 unspecified atom stereocenters. The number of fused-ring (bicyclic) bond motifs is 1. The molecule has 0 saturated carbocycles. The van der Waals surface area contributed by atoms with Crippen molar-refractivity contribution >= 4 is 40.2 Å². The highest BCUT2D eigenvalue weighted by Gasteiger charge is 2.19. The molecule has 0 aliphatic carbocycles. The van der Waals surface area contributed by atoms with E-state index in [2.05, 4.69) is 25.3 Å². The molecular weight excluding hydrogens is 390 g/mol. The summed E-state index contributed by atoms with van der Waals surface area (Å²) < 4.78 is 1.91. The van der Waals surface area contributed by atoms with Crippen molar-refractivity contribution in [3.8, 4) is 11.8 Å². The van der Waals surface area contributed by atoms with Crippen LogP contribution in [-0.4, -0.2) is 24.5 Å². The predicted molar refractivity (Wildman–Crippen MR) is 111 cm³/mol. The summed E-state index contributed by atoms with van der Waals surface area (Å²) in [4.78, 5) is 16.6. The Hall–Kier alpha value is -3.90. The first-order valence-electron chi connectivity index (χ1n) is 8.65. The van der Waals surface area contributed by atoms with Gasteiger partial charge in [0.15, 0.2) is 5.82 Å². The molecule has 0 saturated heterocycles. The van der Waals surface area contributed by atoms with Crippen molar-refractivity contribution in [1.82, 2.24) is 24.5 Å². The van der Waals surface area contributed by atoms with Gasteiger partial charge in [-0.25, -0.2) is 4.98 Å². The lowest BCUT2D eigenvalue weighted by Gasteiger charge is -2.15. The molecule has 1 atom stereocenters. The Labute approximate surface area is 171 Å². The van der Waals surface area contributed by atoms with E-state index in [1.54, 1.807) is 18.5 Å². The van der Waals surface area contributed by atoms with Crippen LogP contribution in [0.2, 0.25) is 5.15 Å². The smallest absolute Gasteiger partial charge is 0.224 e. The van der Waals surface area contributed by atoms with Crippen LogP contribution in [0.15, 0.2) is 42.9 Å². The van der Waals surface area contributed by atoms with Crippen LogP contribution in [0.4, 0.5) is 17.6 Å². The van der Waals surface area contributed by atoms with Gasteiger partial charge in [-0.3, -0.25) is 9.55 Å². The minimum Gasteiger partial charge on any atom is -0.382 e. The molecule has 0 spiro atoms. The monoisotopic (exact) mass is 405 g/mol. The second-order valence-electron chi connectivity index (χ2n) is 6.34. The van der Waals surface area contributed by atoms with E-state index in [0.717, 1.165) is 16.6 Å². The number of nitriles is 1. The zero-order valence-corrected chi connectivity index (χ0v) is 16.1. The van der Waals surface area contributed by atoms with E-state index in [9.17, 15) is 5.26 Å². The molecule has 0 radical (unpaired) electrons. The Bertz CT molecular complexity index is 1240. The molecule has 4 aromatic rings. The number of aromatic nitrogens is 5. The zero-order valence-electron chi connectivity index (χ0n) is 15.3. The summed E-state index contributed by atoms with van der Waals surface area (Å²) in [5.41, 5.74) is 14.1. The summed E-state index contributed by atoms with van der Waals surface area (Å²) in [6, 6.07) is 9.17. The normalized spacial score (nSPS) is 11.9. The number of hydrogen-bond donors (Lipinski definition) is 3. The second-order valence-corrected chi connectivity index (χ2v) is 6.73. The van der Waals surface area contributed by atoms with Crippen LogP contribution >= 0.6 is 11.6 Å². The second kappa shape index (κ2) is 7.26. The molecule has 0 amide bonds. The number of anilines is 3. The van der Waals surface area contributed by atoms with Gasteiger partial charge >= 0.3 is 0 Å². The molecule has 29 heavy (non-hydrogen) atoms. The molecule has 4 rings (SSSR count). The van der Waals surface area contributed by atoms with Crippen molar-refractivity contribution < 1.29 is 0 Å². The fourth-order valence-corrected chi connectivity index (χ4v) is 3.28. The van der Waals surface area contributed by atoms with Gasteiger partial charge in [0.2, 0.25) is 5.95 Å². The van der Waals surface area contributed by atoms with E-state index < -0.39 is 0 Å². The molecule has 0 fully saturated rings. The van der Waals surface area contributed by atoms with Crippen LogP contribution in [0.25, 0.3) is 16.7 Å². The summed E-state index contributed by atoms with van der Waals surface area (Å²) in [7, 11) is 0. The third-order valence-electron chi connectivity index (χ3n) is 4.46. The molecule has 9 nitrogen and oxygen atoms in total. The molecule has 10 heteroatoms. The molecule has 0 aromatic carbocycles. The highest BCUT2D eigenvalue weighted by Crippen LogP contribution is 2.31. The molecule has 4 heterocycles. The van der Waals surface area contributed by atoms with E-state index in [1.807, 2.05) is 42.0 Å². The minimum absolute atomic E-state index is 0.0116. The molecule has 144 valence electrons. The van der Waals surface area contributed by atoms with Crippen LogP contribution in [-0.2, 0) is 0 Å². The fourth-order valence-electron chi connectivity index (χ4n) is 3.14. The van der Waals surface area contributed by atoms with Gasteiger partial charge < -0.3 is 16.8 Å². The highest BCUT2D eigenvalue weighted by molar-refractivity contribution is 6.29. The van der Waals surface area contributed by atoms with Gasteiger partial charge in [-0.2, -0.15) is 15.2 Å². The van der Waals surface area contributed by atoms with Crippen LogP contribution in [0.3, 0.4) is 0 Å². The van der Waals surface area contributed by atoms with Crippen LogP contribution < -0.4 is 16.8 Å². The van der Waals surface area contributed by atoms with E-state index in [4.69, 9.17) is 23.1 Å². The Kier molecular flexibility index (Phi) is 4.62. The lowest BCUT2D eigenvalue weighted by molar-refractivity contribution is 0.874. The summed E-state index contributed by atoms with van der Waals surface area (Å²) >= 11 is 6.13. The number of halogens is 1. The Morgan fingerprint density at radius 3 is 2.76 bits per heavy atom. The van der Waals surface area contributed by atoms with Gasteiger partial charge in [-0.15, -0.1) is 0 Å². The summed E-state index contributed by atoms with van der Waals surface area (Å²) in [6.07, 6.45) is 5.39. The van der Waals surface area contributed by atoms with E-state index in [-0.39, 0.29) is 29.2 Å². The SMILES string of the molecule is CC(Nc1nc(N)nc(N)c1C#N)c1cn(-c2cccnc2)c2nc(Cl)ccc12. The molecular formula is C19H16ClN9. The standard InChI is InChI=1S/C19H16ClN9/c1-10(25-17-13(7-21)16(22)27-19(23)28-17)14-9-29(11-3-2-6-24-8-11)18-12(14)4-5-15(20)26-18/h2-6,8-10H,1H3,(H5,22,23,25,27,28). The van der Waals surface area contributed by atoms with Gasteiger partial charge in [0, 0.05) is 23.3 Å². The first-order chi connectivity index (χ1) is 14.0. The van der Waals surface area contributed by atoms with Gasteiger partial charge in [0.1, 0.15) is 28.3 Å². The van der Waals surface area contributed by atoms with Crippen molar-refractivity contribution in [1.29, 1.82) is 5.26 Å². The third kappa shape index (κ3) is 3.37. The molecule has 0 bridgehead atoms. The minimum atomic E-state index is -0.251. The quantitative estimate of drug-likeness (QED) is 0.439. The van der Waals surface area contributed by atoms with Crippen LogP contribution in [0.1, 0.15) is 24.1 Å². The maximum atomic E-state index is 9.40. The maximum Gasteiger partial charge on any atom is 0.224 e. The lowest BCUT2D eigenvalue weighted by Crippen LogP contribution is -2.12. The largest absolute Gasteiger partial charge is 0.382 e. The van der Waals surface area contributed by atoms with Crippen LogP contribution in [0.5, 0.6) is 0 Å². The molecule has 0 aliphatic heterocycles. The van der Waals surface area contributed by atoms with Crippen molar-refractivity contribution in [3.05, 3.63) is 59.1 Å². The number of rotatable bonds is 4. The lowest BCUT2D eigenvalue weighted by atomic mass is 10.1. The third-order valence-corrected chi connectivity index (χ3v) is 4.67. The average molecular weight is 406 g/mol. The van der Waals surface area contributed by atoms with Crippen molar-refractivity contribution in [3.63, 3.8) is 0 Å². The highest BCUT2D eigenvalue weighted by atomic mass is 35.5. The molecule has 4 aromatic heterocycles. The summed E-state index contributed by atoms with van der Waals surface area (Å²) in [5.74, 6) is 0.289. The number of hydrogen-bond acceptors (Lipinski definition) is 8. The zero-order chi connectivity index (χ0) is 20.5. The predicted octanol–water partition coefficient (Wildman–Crippen LogP) is 3.07. The van der Waals surface area contributed by atoms with E-state index in [0.29, 0.717) is 10.8 Å². The number of nitrogens with zero attached hydrogens (tertiary/aromatic N) is 6. The maximum absolute atomic E-state index is 9.40. The van der Waals surface area contributed by atoms with E-state index in [1.165, 1.54) is 0 Å². The van der Waals surface area contributed by atoms with Gasteiger partial charge in [-0.1, -0.05) is 11.6 Å².